The highest BCUT2D eigenvalue weighted by atomic mass is 35.5. The summed E-state index contributed by atoms with van der Waals surface area (Å²) in [5, 5.41) is 2.85. The van der Waals surface area contributed by atoms with Crippen molar-refractivity contribution in [2.75, 3.05) is 24.5 Å². The Balaban J connectivity index is 1.35. The van der Waals surface area contributed by atoms with Crippen LogP contribution in [0, 0.1) is 0 Å². The molecule has 2 aliphatic rings. The Hall–Kier alpha value is -3.27. The van der Waals surface area contributed by atoms with Crippen LogP contribution in [0.2, 0.25) is 4.34 Å². The van der Waals surface area contributed by atoms with E-state index in [4.69, 9.17) is 16.3 Å². The number of thiophene rings is 1. The smallest absolute Gasteiger partial charge is 0.416 e. The van der Waals surface area contributed by atoms with Crippen molar-refractivity contribution >= 4 is 50.8 Å². The van der Waals surface area contributed by atoms with Gasteiger partial charge in [0.2, 0.25) is 5.95 Å². The number of benzene rings is 1. The number of hydrogen-bond acceptors (Lipinski definition) is 9. The number of aryl methyl sites for hydroxylation is 1. The Morgan fingerprint density at radius 1 is 1.06 bits per heavy atom. The molecule has 254 valence electrons. The van der Waals surface area contributed by atoms with E-state index in [1.54, 1.807) is 26.8 Å². The summed E-state index contributed by atoms with van der Waals surface area (Å²) < 4.78 is 73.2. The lowest BCUT2D eigenvalue weighted by molar-refractivity contribution is -0.137. The molecule has 0 bridgehead atoms. The zero-order valence-electron chi connectivity index (χ0n) is 26.0. The average molecular weight is 714 g/mol. The van der Waals surface area contributed by atoms with Gasteiger partial charge in [-0.05, 0) is 76.8 Å². The van der Waals surface area contributed by atoms with E-state index >= 15 is 0 Å². The largest absolute Gasteiger partial charge is 0.444 e. The lowest BCUT2D eigenvalue weighted by Gasteiger charge is -2.23. The number of nitrogens with zero attached hydrogens (tertiary/aromatic N) is 4. The maximum absolute atomic E-state index is 13.4. The minimum Gasteiger partial charge on any atom is -0.444 e. The molecular weight excluding hydrogens is 679 g/mol. The van der Waals surface area contributed by atoms with Gasteiger partial charge in [-0.1, -0.05) is 23.7 Å². The number of sulfonamides is 1. The molecule has 4 heterocycles. The number of nitrogens with one attached hydrogen (secondary N) is 1. The highest BCUT2D eigenvalue weighted by Crippen LogP contribution is 2.34. The van der Waals surface area contributed by atoms with Crippen LogP contribution in [-0.4, -0.2) is 71.9 Å². The van der Waals surface area contributed by atoms with Gasteiger partial charge in [0.05, 0.1) is 27.7 Å². The van der Waals surface area contributed by atoms with Crippen molar-refractivity contribution in [3.63, 3.8) is 0 Å². The summed E-state index contributed by atoms with van der Waals surface area (Å²) in [6.07, 6.45) is -3.38. The van der Waals surface area contributed by atoms with E-state index < -0.39 is 39.5 Å². The molecule has 0 spiro atoms. The van der Waals surface area contributed by atoms with Crippen molar-refractivity contribution in [2.45, 2.75) is 80.9 Å². The van der Waals surface area contributed by atoms with Gasteiger partial charge in [-0.2, -0.15) is 17.5 Å². The monoisotopic (exact) mass is 713 g/mol. The number of carbonyl (C=O) groups excluding carboxylic acids is 2. The van der Waals surface area contributed by atoms with Gasteiger partial charge in [0.1, 0.15) is 9.81 Å². The molecule has 16 heteroatoms. The van der Waals surface area contributed by atoms with Gasteiger partial charge in [-0.3, -0.25) is 4.79 Å². The fourth-order valence-corrected chi connectivity index (χ4v) is 8.87. The third-order valence-corrected chi connectivity index (χ3v) is 11.4. The normalized spacial score (nSPS) is 19.3. The van der Waals surface area contributed by atoms with Crippen LogP contribution in [0.25, 0.3) is 11.3 Å². The van der Waals surface area contributed by atoms with Gasteiger partial charge in [0.15, 0.2) is 5.78 Å². The summed E-state index contributed by atoms with van der Waals surface area (Å²) >= 11 is 6.90. The molecule has 1 amide bonds. The first-order chi connectivity index (χ1) is 22.0. The van der Waals surface area contributed by atoms with Crippen molar-refractivity contribution in [3.05, 3.63) is 58.1 Å². The molecule has 0 aliphatic carbocycles. The minimum atomic E-state index is -4.50. The molecule has 10 nitrogen and oxygen atoms in total. The van der Waals surface area contributed by atoms with E-state index in [-0.39, 0.29) is 35.4 Å². The molecular formula is C31H35ClF3N5O5S2. The molecule has 5 rings (SSSR count). The molecule has 2 aromatic heterocycles. The fraction of sp³-hybridized carbons (Fsp3) is 0.484. The van der Waals surface area contributed by atoms with Crippen LogP contribution in [0.4, 0.5) is 23.9 Å². The first kappa shape index (κ1) is 35.0. The first-order valence-electron chi connectivity index (χ1n) is 15.1. The molecule has 47 heavy (non-hydrogen) atoms. The topological polar surface area (TPSA) is 122 Å². The van der Waals surface area contributed by atoms with Crippen LogP contribution in [0.1, 0.15) is 57.7 Å². The standard InChI is InChI=1S/C31H35ClF3N5O5S2/c1-30(2,3)45-29(42)37-22-14-16-39(18-22)28-36-21(17-23(38-28)19-6-8-20(9-7-19)31(33,34)35)10-11-25(41)24-5-4-15-40(24)47(43,44)27-13-12-26(32)46-27/h6-9,12-13,17,22,24H,4-5,10-11,14-16,18H2,1-3H3,(H,37,42)/t22?,24-/m0/s1. The number of hydrogen-bond donors (Lipinski definition) is 1. The summed E-state index contributed by atoms with van der Waals surface area (Å²) in [5.41, 5.74) is -0.184. The van der Waals surface area contributed by atoms with E-state index in [1.807, 2.05) is 4.90 Å². The van der Waals surface area contributed by atoms with Crippen LogP contribution in [0.5, 0.6) is 0 Å². The van der Waals surface area contributed by atoms with E-state index in [0.29, 0.717) is 59.6 Å². The van der Waals surface area contributed by atoms with Gasteiger partial charge >= 0.3 is 12.3 Å². The number of ether oxygens (including phenoxy) is 1. The minimum absolute atomic E-state index is 0.00634. The number of rotatable bonds is 9. The third kappa shape index (κ3) is 8.61. The molecule has 0 radical (unpaired) electrons. The molecule has 2 aliphatic heterocycles. The van der Waals surface area contributed by atoms with Crippen molar-refractivity contribution in [3.8, 4) is 11.3 Å². The van der Waals surface area contributed by atoms with Crippen molar-refractivity contribution in [1.82, 2.24) is 19.6 Å². The zero-order valence-corrected chi connectivity index (χ0v) is 28.4. The van der Waals surface area contributed by atoms with Crippen molar-refractivity contribution < 1.29 is 35.9 Å². The average Bonchev–Trinajstić information content (AvgIpc) is 3.76. The number of aromatic nitrogens is 2. The quantitative estimate of drug-likeness (QED) is 0.273. The Bertz CT molecular complexity index is 1730. The van der Waals surface area contributed by atoms with E-state index in [9.17, 15) is 31.2 Å². The predicted octanol–water partition coefficient (Wildman–Crippen LogP) is 6.34. The van der Waals surface area contributed by atoms with Gasteiger partial charge < -0.3 is 15.0 Å². The van der Waals surface area contributed by atoms with Gasteiger partial charge in [-0.25, -0.2) is 23.2 Å². The molecule has 2 saturated heterocycles. The summed E-state index contributed by atoms with van der Waals surface area (Å²) in [7, 11) is -3.90. The second-order valence-corrected chi connectivity index (χ2v) is 16.3. The SMILES string of the molecule is CC(C)(C)OC(=O)NC1CCN(c2nc(CCC(=O)[C@@H]3CCCN3S(=O)(=O)c3ccc(Cl)s3)cc(-c3ccc(C(F)(F)F)cc3)n2)C1. The Morgan fingerprint density at radius 3 is 2.43 bits per heavy atom. The maximum Gasteiger partial charge on any atom is 0.416 e. The number of alkyl halides is 3. The molecule has 3 aromatic rings. The maximum atomic E-state index is 13.4. The van der Waals surface area contributed by atoms with Crippen LogP contribution in [0.15, 0.2) is 46.7 Å². The number of anilines is 1. The lowest BCUT2D eigenvalue weighted by Crippen LogP contribution is -2.40. The molecule has 2 atom stereocenters. The highest BCUT2D eigenvalue weighted by molar-refractivity contribution is 7.91. The number of ketones is 1. The number of amides is 1. The predicted molar refractivity (Wildman–Crippen MR) is 172 cm³/mol. The third-order valence-electron chi connectivity index (χ3n) is 7.78. The summed E-state index contributed by atoms with van der Waals surface area (Å²) in [5.74, 6) is 0.0470. The first-order valence-corrected chi connectivity index (χ1v) is 17.7. The second-order valence-electron chi connectivity index (χ2n) is 12.5. The Morgan fingerprint density at radius 2 is 1.79 bits per heavy atom. The number of alkyl carbamates (subject to hydrolysis) is 1. The summed E-state index contributed by atoms with van der Waals surface area (Å²) in [4.78, 5) is 37.0. The molecule has 2 fully saturated rings. The van der Waals surface area contributed by atoms with Gasteiger partial charge in [0.25, 0.3) is 10.0 Å². The van der Waals surface area contributed by atoms with E-state index in [0.717, 1.165) is 23.5 Å². The molecule has 1 aromatic carbocycles. The van der Waals surface area contributed by atoms with E-state index in [2.05, 4.69) is 15.3 Å². The van der Waals surface area contributed by atoms with E-state index in [1.165, 1.54) is 28.6 Å². The van der Waals surface area contributed by atoms with Crippen LogP contribution in [0.3, 0.4) is 0 Å². The molecule has 1 unspecified atom stereocenters. The highest BCUT2D eigenvalue weighted by Gasteiger charge is 2.40. The second kappa shape index (κ2) is 13.7. The Labute approximate surface area is 280 Å². The zero-order chi connectivity index (χ0) is 34.1. The van der Waals surface area contributed by atoms with Crippen LogP contribution >= 0.6 is 22.9 Å². The van der Waals surface area contributed by atoms with Crippen molar-refractivity contribution in [1.29, 1.82) is 0 Å². The Kier molecular flexibility index (Phi) is 10.2. The van der Waals surface area contributed by atoms with Crippen LogP contribution < -0.4 is 10.2 Å². The summed E-state index contributed by atoms with van der Waals surface area (Å²) in [6, 6.07) is 8.11. The van der Waals surface area contributed by atoms with Gasteiger partial charge in [-0.15, -0.1) is 11.3 Å². The van der Waals surface area contributed by atoms with Crippen molar-refractivity contribution in [2.24, 2.45) is 0 Å². The van der Waals surface area contributed by atoms with Gasteiger partial charge in [0, 0.05) is 37.3 Å². The lowest BCUT2D eigenvalue weighted by atomic mass is 10.0. The number of Topliss-reactive ketones (excluding diaryl/α,β-unsaturated/α-hetero) is 1. The number of halogens is 4. The fourth-order valence-electron chi connectivity index (χ4n) is 5.58. The molecule has 0 saturated carbocycles. The summed E-state index contributed by atoms with van der Waals surface area (Å²) in [6.45, 7) is 6.39. The molecule has 1 N–H and O–H groups in total. The number of carbonyl (C=O) groups is 2. The van der Waals surface area contributed by atoms with Crippen LogP contribution in [-0.2, 0) is 32.2 Å².